The molecule has 1 rings (SSSR count). The molecule has 0 aliphatic rings. The summed E-state index contributed by atoms with van der Waals surface area (Å²) < 4.78 is 116. The summed E-state index contributed by atoms with van der Waals surface area (Å²) in [5.74, 6) is -1.29. The lowest BCUT2D eigenvalue weighted by atomic mass is 10.8. The van der Waals surface area contributed by atoms with E-state index in [0.29, 0.717) is 6.92 Å². The lowest BCUT2D eigenvalue weighted by molar-refractivity contribution is -0.525. The van der Waals surface area contributed by atoms with Crippen LogP contribution in [0.1, 0.15) is 5.82 Å². The SMILES string of the molecule is Cc1n(S(=O)(=O)C(F)(F)F)cc[n+]1S(=O)(=O)C(F)(F)F. The minimum atomic E-state index is -6.03. The number of alkyl halides is 6. The Morgan fingerprint density at radius 3 is 1.80 bits per heavy atom. The van der Waals surface area contributed by atoms with E-state index in [1.165, 1.54) is 0 Å². The number of nitrogens with zero attached hydrogens (tertiary/aromatic N) is 2. The van der Waals surface area contributed by atoms with Crippen molar-refractivity contribution in [2.24, 2.45) is 0 Å². The molecule has 0 aromatic carbocycles. The van der Waals surface area contributed by atoms with Crippen LogP contribution in [0.3, 0.4) is 0 Å². The highest BCUT2D eigenvalue weighted by atomic mass is 32.2. The van der Waals surface area contributed by atoms with Crippen molar-refractivity contribution >= 4 is 20.0 Å². The minimum Gasteiger partial charge on any atom is -0.173 e. The molecule has 0 amide bonds. The van der Waals surface area contributed by atoms with Crippen molar-refractivity contribution in [1.82, 2.24) is 3.97 Å². The standard InChI is InChI=1S/C6H5F6N2O4S2/c1-4-13(19(15,16)5(7,8)9)2-3-14(4)20(17,18)6(10,11)12/h2-3H,1H3/q+1. The Labute approximate surface area is 108 Å². The molecule has 0 saturated carbocycles. The molecule has 0 fully saturated rings. The van der Waals surface area contributed by atoms with Crippen molar-refractivity contribution in [1.29, 1.82) is 0 Å². The molecule has 1 aromatic heterocycles. The second kappa shape index (κ2) is 4.34. The largest absolute Gasteiger partial charge is 0.537 e. The summed E-state index contributed by atoms with van der Waals surface area (Å²) in [6.07, 6.45) is 0.114. The highest BCUT2D eigenvalue weighted by Gasteiger charge is 2.56. The van der Waals surface area contributed by atoms with Gasteiger partial charge in [-0.05, 0) is 0 Å². The predicted octanol–water partition coefficient (Wildman–Crippen LogP) is 0.479. The van der Waals surface area contributed by atoms with Gasteiger partial charge in [-0.1, -0.05) is 0 Å². The first-order valence-electron chi connectivity index (χ1n) is 4.37. The van der Waals surface area contributed by atoms with Gasteiger partial charge in [0, 0.05) is 6.92 Å². The minimum absolute atomic E-state index is 0.0570. The van der Waals surface area contributed by atoms with E-state index in [0.717, 1.165) is 0 Å². The smallest absolute Gasteiger partial charge is 0.173 e. The van der Waals surface area contributed by atoms with Crippen LogP contribution in [0.4, 0.5) is 26.3 Å². The first kappa shape index (κ1) is 16.7. The van der Waals surface area contributed by atoms with E-state index in [4.69, 9.17) is 0 Å². The summed E-state index contributed by atoms with van der Waals surface area (Å²) in [7, 11) is -12.1. The molecule has 0 bridgehead atoms. The third-order valence-electron chi connectivity index (χ3n) is 2.08. The second-order valence-electron chi connectivity index (χ2n) is 3.34. The number of hydrogen-bond acceptors (Lipinski definition) is 4. The van der Waals surface area contributed by atoms with Crippen LogP contribution in [0.15, 0.2) is 12.4 Å². The zero-order valence-electron chi connectivity index (χ0n) is 9.27. The third kappa shape index (κ3) is 2.36. The molecule has 0 radical (unpaired) electrons. The highest BCUT2D eigenvalue weighted by Crippen LogP contribution is 2.27. The fraction of sp³-hybridized carbons (Fsp3) is 0.500. The lowest BCUT2D eigenvalue weighted by Crippen LogP contribution is -2.52. The van der Waals surface area contributed by atoms with Gasteiger partial charge in [0.1, 0.15) is 12.4 Å². The zero-order valence-corrected chi connectivity index (χ0v) is 10.9. The quantitative estimate of drug-likeness (QED) is 0.576. The van der Waals surface area contributed by atoms with Crippen molar-refractivity contribution < 1.29 is 47.2 Å². The van der Waals surface area contributed by atoms with Crippen LogP contribution in [0.2, 0.25) is 0 Å². The summed E-state index contributed by atoms with van der Waals surface area (Å²) in [6.45, 7) is 0.479. The average molecular weight is 347 g/mol. The van der Waals surface area contributed by atoms with Crippen molar-refractivity contribution in [3.8, 4) is 0 Å². The van der Waals surface area contributed by atoms with Crippen LogP contribution in [-0.2, 0) is 20.0 Å². The van der Waals surface area contributed by atoms with Crippen LogP contribution >= 0.6 is 0 Å². The molecular weight excluding hydrogens is 342 g/mol. The molecule has 0 atom stereocenters. The summed E-state index contributed by atoms with van der Waals surface area (Å²) >= 11 is 0. The fourth-order valence-electron chi connectivity index (χ4n) is 1.17. The molecule has 0 N–H and O–H groups in total. The summed E-state index contributed by atoms with van der Waals surface area (Å²) in [6, 6.07) is 0. The van der Waals surface area contributed by atoms with Gasteiger partial charge in [-0.15, -0.1) is 7.94 Å². The second-order valence-corrected chi connectivity index (χ2v) is 6.95. The molecule has 0 saturated heterocycles. The maximum absolute atomic E-state index is 12.2. The fourth-order valence-corrected chi connectivity index (χ4v) is 2.96. The molecule has 20 heavy (non-hydrogen) atoms. The molecule has 116 valence electrons. The monoisotopic (exact) mass is 347 g/mol. The van der Waals surface area contributed by atoms with Crippen LogP contribution in [-0.4, -0.2) is 31.8 Å². The summed E-state index contributed by atoms with van der Waals surface area (Å²) in [5, 5.41) is 0. The number of halogens is 6. The summed E-state index contributed by atoms with van der Waals surface area (Å²) in [4.78, 5) is 0. The van der Waals surface area contributed by atoms with Gasteiger partial charge in [-0.3, -0.25) is 0 Å². The van der Waals surface area contributed by atoms with Crippen molar-refractivity contribution in [2.45, 2.75) is 17.9 Å². The first-order chi connectivity index (χ1) is 8.64. The molecule has 6 nitrogen and oxygen atoms in total. The van der Waals surface area contributed by atoms with E-state index in [2.05, 4.69) is 0 Å². The number of imidazole rings is 1. The molecule has 1 heterocycles. The Balaban J connectivity index is 3.59. The Morgan fingerprint density at radius 2 is 1.45 bits per heavy atom. The van der Waals surface area contributed by atoms with Gasteiger partial charge in [-0.2, -0.15) is 43.2 Å². The molecule has 14 heteroatoms. The molecule has 0 unspecified atom stereocenters. The predicted molar refractivity (Wildman–Crippen MR) is 50.1 cm³/mol. The number of aromatic nitrogens is 2. The zero-order chi connectivity index (χ0) is 16.1. The molecule has 0 spiro atoms. The van der Waals surface area contributed by atoms with E-state index in [1.807, 2.05) is 0 Å². The van der Waals surface area contributed by atoms with E-state index in [1.54, 1.807) is 0 Å². The normalized spacial score (nSPS) is 14.6. The van der Waals surface area contributed by atoms with E-state index in [9.17, 15) is 43.2 Å². The van der Waals surface area contributed by atoms with E-state index >= 15 is 0 Å². The molecular formula is C6H5F6N2O4S2+. The van der Waals surface area contributed by atoms with E-state index in [-0.39, 0.29) is 12.4 Å². The maximum Gasteiger partial charge on any atom is 0.537 e. The maximum atomic E-state index is 12.2. The van der Waals surface area contributed by atoms with Crippen LogP contribution in [0.5, 0.6) is 0 Å². The van der Waals surface area contributed by atoms with Gasteiger partial charge < -0.3 is 0 Å². The molecule has 1 aromatic rings. The average Bonchev–Trinajstić information content (AvgIpc) is 2.57. The van der Waals surface area contributed by atoms with Gasteiger partial charge in [0.15, 0.2) is 0 Å². The third-order valence-corrected chi connectivity index (χ3v) is 5.06. The van der Waals surface area contributed by atoms with Gasteiger partial charge in [-0.25, -0.2) is 0 Å². The Bertz CT molecular complexity index is 665. The van der Waals surface area contributed by atoms with Crippen LogP contribution in [0.25, 0.3) is 0 Å². The first-order valence-corrected chi connectivity index (χ1v) is 7.25. The van der Waals surface area contributed by atoms with Crippen LogP contribution < -0.4 is 3.97 Å². The van der Waals surface area contributed by atoms with Gasteiger partial charge in [0.05, 0.1) is 0 Å². The van der Waals surface area contributed by atoms with E-state index < -0.39 is 44.8 Å². The van der Waals surface area contributed by atoms with Gasteiger partial charge in [0.25, 0.3) is 5.82 Å². The molecule has 0 aliphatic heterocycles. The Morgan fingerprint density at radius 1 is 1.00 bits per heavy atom. The topological polar surface area (TPSA) is 77.1 Å². The van der Waals surface area contributed by atoms with Gasteiger partial charge >= 0.3 is 31.1 Å². The summed E-state index contributed by atoms with van der Waals surface area (Å²) in [5.41, 5.74) is -11.6. The van der Waals surface area contributed by atoms with Crippen molar-refractivity contribution in [3.63, 3.8) is 0 Å². The van der Waals surface area contributed by atoms with Crippen molar-refractivity contribution in [2.75, 3.05) is 0 Å². The van der Waals surface area contributed by atoms with Crippen LogP contribution in [0, 0.1) is 6.92 Å². The lowest BCUT2D eigenvalue weighted by Gasteiger charge is -2.07. The number of rotatable bonds is 2. The molecule has 0 aliphatic carbocycles. The van der Waals surface area contributed by atoms with Crippen molar-refractivity contribution in [3.05, 3.63) is 18.2 Å². The highest BCUT2D eigenvalue weighted by molar-refractivity contribution is 7.90. The number of hydrogen-bond donors (Lipinski definition) is 0. The Kier molecular flexibility index (Phi) is 3.63. The Hall–Kier alpha value is -1.31. The van der Waals surface area contributed by atoms with Gasteiger partial charge in [0.2, 0.25) is 0 Å².